The van der Waals surface area contributed by atoms with Crippen LogP contribution in [0.1, 0.15) is 30.2 Å². The van der Waals surface area contributed by atoms with Gasteiger partial charge in [-0.2, -0.15) is 0 Å². The number of aromatic nitrogens is 2. The number of benzene rings is 1. The number of nitrogens with two attached hydrogens (primary N) is 1. The highest BCUT2D eigenvalue weighted by molar-refractivity contribution is 5.89. The van der Waals surface area contributed by atoms with E-state index in [9.17, 15) is 4.79 Å². The maximum atomic E-state index is 11.7. The largest absolute Gasteiger partial charge is 0.484 e. The van der Waals surface area contributed by atoms with Gasteiger partial charge in [-0.1, -0.05) is 17.2 Å². The average Bonchev–Trinajstić information content (AvgIpc) is 3.26. The molecule has 110 valence electrons. The van der Waals surface area contributed by atoms with Crippen molar-refractivity contribution in [3.8, 4) is 5.75 Å². The van der Waals surface area contributed by atoms with Crippen LogP contribution in [-0.4, -0.2) is 22.7 Å². The predicted octanol–water partition coefficient (Wildman–Crippen LogP) is 1.42. The van der Waals surface area contributed by atoms with E-state index in [2.05, 4.69) is 15.5 Å². The van der Waals surface area contributed by atoms with Gasteiger partial charge in [0.05, 0.1) is 0 Å². The zero-order chi connectivity index (χ0) is 14.7. The maximum Gasteiger partial charge on any atom is 0.322 e. The Morgan fingerprint density at radius 2 is 2.29 bits per heavy atom. The van der Waals surface area contributed by atoms with Crippen molar-refractivity contribution in [2.75, 3.05) is 11.9 Å². The fraction of sp³-hybridized carbons (Fsp3) is 0.357. The quantitative estimate of drug-likeness (QED) is 0.833. The zero-order valence-corrected chi connectivity index (χ0v) is 11.4. The zero-order valence-electron chi connectivity index (χ0n) is 11.4. The number of rotatable bonds is 6. The van der Waals surface area contributed by atoms with Crippen molar-refractivity contribution in [1.82, 2.24) is 10.2 Å². The number of hydrogen-bond acceptors (Lipinski definition) is 6. The van der Waals surface area contributed by atoms with E-state index in [4.69, 9.17) is 14.9 Å². The van der Waals surface area contributed by atoms with Crippen LogP contribution >= 0.6 is 0 Å². The minimum Gasteiger partial charge on any atom is -0.484 e. The maximum absolute atomic E-state index is 11.7. The van der Waals surface area contributed by atoms with Crippen molar-refractivity contribution >= 4 is 11.9 Å². The Balaban J connectivity index is 1.51. The van der Waals surface area contributed by atoms with Crippen molar-refractivity contribution < 1.29 is 13.9 Å². The van der Waals surface area contributed by atoms with Gasteiger partial charge in [-0.25, -0.2) is 0 Å². The highest BCUT2D eigenvalue weighted by Crippen LogP contribution is 2.39. The average molecular weight is 288 g/mol. The number of carbonyl (C=O) groups excluding carboxylic acids is 1. The molecule has 0 aliphatic heterocycles. The Labute approximate surface area is 121 Å². The monoisotopic (exact) mass is 288 g/mol. The minimum absolute atomic E-state index is 0.112. The van der Waals surface area contributed by atoms with Crippen LogP contribution in [0.5, 0.6) is 5.75 Å². The summed E-state index contributed by atoms with van der Waals surface area (Å²) in [4.78, 5) is 11.7. The molecule has 7 nitrogen and oxygen atoms in total. The van der Waals surface area contributed by atoms with Crippen molar-refractivity contribution in [3.63, 3.8) is 0 Å². The fourth-order valence-electron chi connectivity index (χ4n) is 1.85. The van der Waals surface area contributed by atoms with Gasteiger partial charge in [-0.3, -0.25) is 10.1 Å². The lowest BCUT2D eigenvalue weighted by Crippen LogP contribution is -2.20. The molecule has 2 aromatic rings. The van der Waals surface area contributed by atoms with Crippen LogP contribution in [0.25, 0.3) is 0 Å². The van der Waals surface area contributed by atoms with Crippen molar-refractivity contribution in [1.29, 1.82) is 0 Å². The van der Waals surface area contributed by atoms with Crippen molar-refractivity contribution in [2.24, 2.45) is 5.73 Å². The number of nitrogens with zero attached hydrogens (tertiary/aromatic N) is 2. The van der Waals surface area contributed by atoms with Gasteiger partial charge in [0.1, 0.15) is 5.75 Å². The summed E-state index contributed by atoms with van der Waals surface area (Å²) in [6, 6.07) is 7.40. The molecule has 0 radical (unpaired) electrons. The Kier molecular flexibility index (Phi) is 3.83. The summed E-state index contributed by atoms with van der Waals surface area (Å²) in [5, 5.41) is 10.2. The summed E-state index contributed by atoms with van der Waals surface area (Å²) >= 11 is 0. The highest BCUT2D eigenvalue weighted by Gasteiger charge is 2.29. The topological polar surface area (TPSA) is 103 Å². The van der Waals surface area contributed by atoms with E-state index in [1.54, 1.807) is 12.1 Å². The lowest BCUT2D eigenvalue weighted by Gasteiger charge is -2.06. The first kappa shape index (κ1) is 13.6. The highest BCUT2D eigenvalue weighted by atomic mass is 16.5. The molecule has 1 aliphatic carbocycles. The van der Waals surface area contributed by atoms with E-state index < -0.39 is 0 Å². The molecular formula is C14H16N4O3. The minimum atomic E-state index is -0.348. The molecule has 0 atom stereocenters. The molecule has 7 heteroatoms. The van der Waals surface area contributed by atoms with Gasteiger partial charge in [0.25, 0.3) is 5.91 Å². The first-order valence-corrected chi connectivity index (χ1v) is 6.79. The van der Waals surface area contributed by atoms with Crippen LogP contribution in [-0.2, 0) is 11.3 Å². The van der Waals surface area contributed by atoms with Crippen LogP contribution in [0.15, 0.2) is 28.7 Å². The third-order valence-corrected chi connectivity index (χ3v) is 3.12. The molecule has 1 amide bonds. The van der Waals surface area contributed by atoms with E-state index in [0.717, 1.165) is 18.4 Å². The summed E-state index contributed by atoms with van der Waals surface area (Å²) in [6.45, 7) is 0.296. The third kappa shape index (κ3) is 3.57. The molecule has 0 spiro atoms. The predicted molar refractivity (Wildman–Crippen MR) is 74.7 cm³/mol. The van der Waals surface area contributed by atoms with Gasteiger partial charge in [0, 0.05) is 12.5 Å². The molecule has 0 saturated heterocycles. The van der Waals surface area contributed by atoms with E-state index in [-0.39, 0.29) is 18.5 Å². The molecule has 0 bridgehead atoms. The summed E-state index contributed by atoms with van der Waals surface area (Å²) in [7, 11) is 0. The molecule has 1 heterocycles. The number of hydrogen-bond donors (Lipinski definition) is 2. The Hall–Kier alpha value is -2.41. The molecule has 1 aromatic heterocycles. The van der Waals surface area contributed by atoms with Crippen LogP contribution in [0.3, 0.4) is 0 Å². The van der Waals surface area contributed by atoms with Crippen molar-refractivity contribution in [2.45, 2.75) is 25.3 Å². The number of amides is 1. The fourth-order valence-corrected chi connectivity index (χ4v) is 1.85. The lowest BCUT2D eigenvalue weighted by molar-refractivity contribution is -0.118. The number of ether oxygens (including phenoxy) is 1. The normalized spacial score (nSPS) is 14.0. The van der Waals surface area contributed by atoms with E-state index in [0.29, 0.717) is 24.1 Å². The summed E-state index contributed by atoms with van der Waals surface area (Å²) < 4.78 is 10.7. The van der Waals surface area contributed by atoms with Crippen LogP contribution in [0, 0.1) is 0 Å². The van der Waals surface area contributed by atoms with Gasteiger partial charge in [0.2, 0.25) is 5.89 Å². The van der Waals surface area contributed by atoms with Gasteiger partial charge >= 0.3 is 6.01 Å². The Bertz CT molecular complexity index is 637. The summed E-state index contributed by atoms with van der Waals surface area (Å²) in [5.41, 5.74) is 6.49. The first-order valence-electron chi connectivity index (χ1n) is 6.79. The third-order valence-electron chi connectivity index (χ3n) is 3.12. The SMILES string of the molecule is NCc1cccc(OCC(=O)Nc2nnc(C3CC3)o2)c1. The first-order chi connectivity index (χ1) is 10.2. The second kappa shape index (κ2) is 5.92. The molecular weight excluding hydrogens is 272 g/mol. The lowest BCUT2D eigenvalue weighted by atomic mass is 10.2. The summed E-state index contributed by atoms with van der Waals surface area (Å²) in [6.07, 6.45) is 2.13. The molecule has 1 aliphatic rings. The molecule has 1 saturated carbocycles. The number of carbonyl (C=O) groups is 1. The van der Waals surface area contributed by atoms with Gasteiger partial charge in [-0.05, 0) is 30.5 Å². The number of anilines is 1. The van der Waals surface area contributed by atoms with E-state index >= 15 is 0 Å². The molecule has 21 heavy (non-hydrogen) atoms. The molecule has 1 aromatic carbocycles. The van der Waals surface area contributed by atoms with Gasteiger partial charge in [0.15, 0.2) is 6.61 Å². The molecule has 3 rings (SSSR count). The van der Waals surface area contributed by atoms with Crippen molar-refractivity contribution in [3.05, 3.63) is 35.7 Å². The van der Waals surface area contributed by atoms with E-state index in [1.807, 2.05) is 12.1 Å². The second-order valence-electron chi connectivity index (χ2n) is 4.91. The Morgan fingerprint density at radius 1 is 1.43 bits per heavy atom. The van der Waals surface area contributed by atoms with Crippen LogP contribution < -0.4 is 15.8 Å². The smallest absolute Gasteiger partial charge is 0.322 e. The van der Waals surface area contributed by atoms with Crippen LogP contribution in [0.2, 0.25) is 0 Å². The molecule has 3 N–H and O–H groups in total. The number of nitrogens with one attached hydrogen (secondary N) is 1. The van der Waals surface area contributed by atoms with Crippen LogP contribution in [0.4, 0.5) is 6.01 Å². The molecule has 0 unspecified atom stereocenters. The second-order valence-corrected chi connectivity index (χ2v) is 4.91. The van der Waals surface area contributed by atoms with Gasteiger partial charge in [-0.15, -0.1) is 5.10 Å². The summed E-state index contributed by atoms with van der Waals surface area (Å²) in [5.74, 6) is 1.19. The molecule has 1 fully saturated rings. The van der Waals surface area contributed by atoms with Gasteiger partial charge < -0.3 is 14.9 Å². The van der Waals surface area contributed by atoms with E-state index in [1.165, 1.54) is 0 Å². The standard InChI is InChI=1S/C14H16N4O3/c15-7-9-2-1-3-11(6-9)20-8-12(19)16-14-18-17-13(21-14)10-4-5-10/h1-3,6,10H,4-5,7-8,15H2,(H,16,18,19). The Morgan fingerprint density at radius 3 is 3.05 bits per heavy atom.